The van der Waals surface area contributed by atoms with Crippen molar-refractivity contribution in [1.82, 2.24) is 5.32 Å². The minimum absolute atomic E-state index is 0.117. The van der Waals surface area contributed by atoms with Crippen LogP contribution in [0.3, 0.4) is 0 Å². The first-order valence-corrected chi connectivity index (χ1v) is 11.7. The Hall–Kier alpha value is -3.66. The van der Waals surface area contributed by atoms with E-state index < -0.39 is 17.9 Å². The zero-order valence-electron chi connectivity index (χ0n) is 19.0. The summed E-state index contributed by atoms with van der Waals surface area (Å²) < 4.78 is 21.8. The maximum atomic E-state index is 12.8. The van der Waals surface area contributed by atoms with Crippen LogP contribution in [-0.4, -0.2) is 61.6 Å². The summed E-state index contributed by atoms with van der Waals surface area (Å²) in [7, 11) is 3.07. The number of carbonyl (C=O) groups excluding carboxylic acids is 2. The highest BCUT2D eigenvalue weighted by atomic mass is 32.2. The molecule has 2 N–H and O–H groups in total. The third-order valence-corrected chi connectivity index (χ3v) is 5.63. The molecule has 0 unspecified atom stereocenters. The third-order valence-electron chi connectivity index (χ3n) is 4.98. The van der Waals surface area contributed by atoms with Gasteiger partial charge < -0.3 is 29.4 Å². The lowest BCUT2D eigenvalue weighted by atomic mass is 10.1. The number of carboxylic acids is 1. The molecule has 34 heavy (non-hydrogen) atoms. The molecule has 10 heteroatoms. The largest absolute Gasteiger partial charge is 0.497 e. The highest BCUT2D eigenvalue weighted by molar-refractivity contribution is 7.98. The van der Waals surface area contributed by atoms with Crippen LogP contribution in [0, 0.1) is 0 Å². The van der Waals surface area contributed by atoms with Crippen molar-refractivity contribution >= 4 is 35.5 Å². The standard InChI is InChI=1S/C24H25NO8S/c1-30-15-5-4-14(19(11-15)31-2)10-21-23(27)17-7-6-16(12-20(17)33-21)32-13-22(26)25-18(24(28)29)8-9-34-3/h4-7,10-12,18H,8-9,13H2,1-3H3,(H,25,26)(H,28,29)/b21-10+/t18-/m1/s1. The van der Waals surface area contributed by atoms with E-state index in [1.807, 2.05) is 6.26 Å². The van der Waals surface area contributed by atoms with Crippen LogP contribution in [-0.2, 0) is 9.59 Å². The summed E-state index contributed by atoms with van der Waals surface area (Å²) in [6.45, 7) is -0.373. The van der Waals surface area contributed by atoms with Crippen LogP contribution in [0.5, 0.6) is 23.0 Å². The van der Waals surface area contributed by atoms with E-state index >= 15 is 0 Å². The number of rotatable bonds is 11. The molecule has 1 aliphatic heterocycles. The summed E-state index contributed by atoms with van der Waals surface area (Å²) in [5.41, 5.74) is 1.00. The molecule has 0 aromatic heterocycles. The highest BCUT2D eigenvalue weighted by Crippen LogP contribution is 2.36. The Bertz CT molecular complexity index is 1110. The Morgan fingerprint density at radius 2 is 1.91 bits per heavy atom. The number of Topliss-reactive ketones (excluding diaryl/α,β-unsaturated/α-hetero) is 1. The van der Waals surface area contributed by atoms with Gasteiger partial charge >= 0.3 is 5.97 Å². The van der Waals surface area contributed by atoms with Gasteiger partial charge in [-0.1, -0.05) is 0 Å². The Morgan fingerprint density at radius 1 is 1.15 bits per heavy atom. The maximum Gasteiger partial charge on any atom is 0.326 e. The van der Waals surface area contributed by atoms with Crippen LogP contribution in [0.15, 0.2) is 42.2 Å². The number of ketones is 1. The molecule has 0 spiro atoms. The number of benzene rings is 2. The van der Waals surface area contributed by atoms with E-state index in [1.165, 1.54) is 24.9 Å². The van der Waals surface area contributed by atoms with Gasteiger partial charge in [-0.05, 0) is 48.8 Å². The SMILES string of the molecule is COc1ccc(/C=C2/Oc3cc(OCC(=O)N[C@H](CCSC)C(=O)O)ccc3C2=O)c(OC)c1. The Morgan fingerprint density at radius 3 is 2.59 bits per heavy atom. The van der Waals surface area contributed by atoms with Crippen molar-refractivity contribution < 1.29 is 38.4 Å². The van der Waals surface area contributed by atoms with E-state index in [1.54, 1.807) is 43.5 Å². The molecule has 1 amide bonds. The molecule has 0 fully saturated rings. The molecule has 0 aliphatic carbocycles. The molecule has 9 nitrogen and oxygen atoms in total. The molecule has 3 rings (SSSR count). The Kier molecular flexibility index (Phi) is 8.42. The molecule has 0 saturated heterocycles. The maximum absolute atomic E-state index is 12.8. The summed E-state index contributed by atoms with van der Waals surface area (Å²) in [6, 6.07) is 8.82. The number of ether oxygens (including phenoxy) is 4. The van der Waals surface area contributed by atoms with E-state index in [-0.39, 0.29) is 18.1 Å². The molecular weight excluding hydrogens is 462 g/mol. The second-order valence-corrected chi connectivity index (χ2v) is 8.22. The van der Waals surface area contributed by atoms with Crippen LogP contribution in [0.1, 0.15) is 22.3 Å². The van der Waals surface area contributed by atoms with Gasteiger partial charge in [0.05, 0.1) is 19.8 Å². The number of nitrogens with one attached hydrogen (secondary N) is 1. The number of hydrogen-bond acceptors (Lipinski definition) is 8. The van der Waals surface area contributed by atoms with Crippen molar-refractivity contribution in [3.05, 3.63) is 53.3 Å². The molecule has 180 valence electrons. The van der Waals surface area contributed by atoms with Gasteiger partial charge in [0, 0.05) is 17.7 Å². The number of carbonyl (C=O) groups is 3. The lowest BCUT2D eigenvalue weighted by Crippen LogP contribution is -2.43. The normalized spacial score (nSPS) is 14.2. The number of allylic oxidation sites excluding steroid dienone is 1. The second-order valence-electron chi connectivity index (χ2n) is 7.23. The number of fused-ring (bicyclic) bond motifs is 1. The number of thioether (sulfide) groups is 1. The van der Waals surface area contributed by atoms with Crippen LogP contribution in [0.25, 0.3) is 6.08 Å². The average Bonchev–Trinajstić information content (AvgIpc) is 3.14. The summed E-state index contributed by atoms with van der Waals surface area (Å²) in [6.07, 6.45) is 3.75. The lowest BCUT2D eigenvalue weighted by Gasteiger charge is -2.14. The molecule has 2 aromatic carbocycles. The fourth-order valence-electron chi connectivity index (χ4n) is 3.21. The number of amides is 1. The second kappa shape index (κ2) is 11.5. The highest BCUT2D eigenvalue weighted by Gasteiger charge is 2.28. The number of aliphatic carboxylic acids is 1. The topological polar surface area (TPSA) is 120 Å². The van der Waals surface area contributed by atoms with Crippen molar-refractivity contribution in [1.29, 1.82) is 0 Å². The molecule has 0 saturated carbocycles. The zero-order chi connectivity index (χ0) is 24.7. The lowest BCUT2D eigenvalue weighted by molar-refractivity contribution is -0.142. The van der Waals surface area contributed by atoms with Crippen LogP contribution >= 0.6 is 11.8 Å². The first-order valence-electron chi connectivity index (χ1n) is 10.3. The minimum Gasteiger partial charge on any atom is -0.497 e. The van der Waals surface area contributed by atoms with E-state index in [9.17, 15) is 19.5 Å². The number of carboxylic acid groups (broad SMARTS) is 1. The Labute approximate surface area is 201 Å². The summed E-state index contributed by atoms with van der Waals surface area (Å²) in [4.78, 5) is 36.1. The average molecular weight is 488 g/mol. The minimum atomic E-state index is -1.10. The monoisotopic (exact) mass is 487 g/mol. The molecule has 1 aliphatic rings. The van der Waals surface area contributed by atoms with Gasteiger partial charge in [0.25, 0.3) is 5.91 Å². The van der Waals surface area contributed by atoms with Crippen molar-refractivity contribution in [2.75, 3.05) is 32.8 Å². The van der Waals surface area contributed by atoms with Gasteiger partial charge in [-0.15, -0.1) is 0 Å². The molecular formula is C24H25NO8S. The van der Waals surface area contributed by atoms with E-state index in [2.05, 4.69) is 5.32 Å². The quantitative estimate of drug-likeness (QED) is 0.461. The van der Waals surface area contributed by atoms with Gasteiger partial charge in [0.2, 0.25) is 5.78 Å². The van der Waals surface area contributed by atoms with Crippen LogP contribution in [0.4, 0.5) is 0 Å². The summed E-state index contributed by atoms with van der Waals surface area (Å²) in [5.74, 6) is 0.509. The Balaban J connectivity index is 1.67. The molecule has 1 atom stereocenters. The smallest absolute Gasteiger partial charge is 0.326 e. The van der Waals surface area contributed by atoms with Gasteiger partial charge in [0.1, 0.15) is 29.0 Å². The van der Waals surface area contributed by atoms with Crippen molar-refractivity contribution in [2.24, 2.45) is 0 Å². The summed E-state index contributed by atoms with van der Waals surface area (Å²) in [5, 5.41) is 11.7. The van der Waals surface area contributed by atoms with Crippen molar-refractivity contribution in [3.8, 4) is 23.0 Å². The third kappa shape index (κ3) is 6.02. The summed E-state index contributed by atoms with van der Waals surface area (Å²) >= 11 is 1.50. The first-order chi connectivity index (χ1) is 16.4. The first kappa shape index (κ1) is 25.0. The van der Waals surface area contributed by atoms with Crippen molar-refractivity contribution in [2.45, 2.75) is 12.5 Å². The predicted molar refractivity (Wildman–Crippen MR) is 127 cm³/mol. The number of methoxy groups -OCH3 is 2. The number of hydrogen-bond donors (Lipinski definition) is 2. The van der Waals surface area contributed by atoms with E-state index in [4.69, 9.17) is 18.9 Å². The fourth-order valence-corrected chi connectivity index (χ4v) is 3.69. The molecule has 0 radical (unpaired) electrons. The van der Waals surface area contributed by atoms with Gasteiger partial charge in [-0.3, -0.25) is 9.59 Å². The molecule has 1 heterocycles. The van der Waals surface area contributed by atoms with Gasteiger partial charge in [-0.2, -0.15) is 11.8 Å². The van der Waals surface area contributed by atoms with Gasteiger partial charge in [0.15, 0.2) is 12.4 Å². The zero-order valence-corrected chi connectivity index (χ0v) is 19.8. The van der Waals surface area contributed by atoms with Gasteiger partial charge in [-0.25, -0.2) is 4.79 Å². The van der Waals surface area contributed by atoms with E-state index in [0.717, 1.165) is 0 Å². The van der Waals surface area contributed by atoms with Crippen LogP contribution < -0.4 is 24.3 Å². The predicted octanol–water partition coefficient (Wildman–Crippen LogP) is 3.02. The van der Waals surface area contributed by atoms with Crippen LogP contribution in [0.2, 0.25) is 0 Å². The molecule has 0 bridgehead atoms. The van der Waals surface area contributed by atoms with E-state index in [0.29, 0.717) is 46.3 Å². The van der Waals surface area contributed by atoms with Crippen molar-refractivity contribution in [3.63, 3.8) is 0 Å². The molecule has 2 aromatic rings. The fraction of sp³-hybridized carbons (Fsp3) is 0.292.